The summed E-state index contributed by atoms with van der Waals surface area (Å²) in [5.74, 6) is 0.583. The fourth-order valence-corrected chi connectivity index (χ4v) is 3.27. The summed E-state index contributed by atoms with van der Waals surface area (Å²) in [4.78, 5) is 18.5. The summed E-state index contributed by atoms with van der Waals surface area (Å²) in [5.41, 5.74) is 1.52. The van der Waals surface area contributed by atoms with Gasteiger partial charge in [-0.25, -0.2) is 4.39 Å². The normalized spacial score (nSPS) is 16.7. The van der Waals surface area contributed by atoms with Crippen molar-refractivity contribution >= 4 is 5.91 Å². The number of carbonyl (C=O) groups excluding carboxylic acids is 1. The number of aromatic nitrogens is 2. The van der Waals surface area contributed by atoms with Crippen molar-refractivity contribution in [1.29, 1.82) is 0 Å². The van der Waals surface area contributed by atoms with Gasteiger partial charge < -0.3 is 14.2 Å². The number of hydrogen-bond acceptors (Lipinski definition) is 5. The van der Waals surface area contributed by atoms with Crippen LogP contribution in [0.3, 0.4) is 0 Å². The van der Waals surface area contributed by atoms with Gasteiger partial charge in [0.1, 0.15) is 6.04 Å². The number of rotatable bonds is 5. The van der Waals surface area contributed by atoms with E-state index in [0.717, 1.165) is 5.56 Å². The van der Waals surface area contributed by atoms with Crippen molar-refractivity contribution in [3.8, 4) is 17.1 Å². The largest absolute Gasteiger partial charge is 0.494 e. The summed E-state index contributed by atoms with van der Waals surface area (Å²) >= 11 is 0. The Morgan fingerprint density at radius 2 is 2.07 bits per heavy atom. The van der Waals surface area contributed by atoms with E-state index >= 15 is 0 Å². The number of ether oxygens (including phenoxy) is 1. The Bertz CT molecular complexity index is 958. The molecule has 0 spiro atoms. The lowest BCUT2D eigenvalue weighted by molar-refractivity contribution is -0.130. The lowest BCUT2D eigenvalue weighted by Gasteiger charge is -2.22. The molecule has 1 aliphatic rings. The molecule has 6 nitrogen and oxygen atoms in total. The van der Waals surface area contributed by atoms with Crippen molar-refractivity contribution in [3.63, 3.8) is 0 Å². The van der Waals surface area contributed by atoms with Crippen LogP contribution >= 0.6 is 0 Å². The molecule has 2 heterocycles. The molecule has 2 aromatic carbocycles. The summed E-state index contributed by atoms with van der Waals surface area (Å²) in [6, 6.07) is 13.9. The maximum absolute atomic E-state index is 14.0. The molecular formula is C20H18FN3O3. The van der Waals surface area contributed by atoms with E-state index in [9.17, 15) is 9.18 Å². The number of benzene rings is 2. The smallest absolute Gasteiger partial charge is 0.249 e. The van der Waals surface area contributed by atoms with Crippen molar-refractivity contribution in [1.82, 2.24) is 15.0 Å². The third-order valence-corrected chi connectivity index (χ3v) is 4.66. The lowest BCUT2D eigenvalue weighted by Crippen LogP contribution is -2.27. The molecule has 4 rings (SSSR count). The standard InChI is InChI=1S/C20H18FN3O3/c1-26-17-9-7-13(11-15(17)21)12-24-16(8-10-18(24)25)20-22-19(23-27-20)14-5-3-2-4-6-14/h2-7,9,11,16H,8,10,12H2,1H3. The average Bonchev–Trinajstić information content (AvgIpc) is 3.30. The number of likely N-dealkylation sites (tertiary alicyclic amines) is 1. The van der Waals surface area contributed by atoms with Gasteiger partial charge >= 0.3 is 0 Å². The molecule has 1 atom stereocenters. The fraction of sp³-hybridized carbons (Fsp3) is 0.250. The van der Waals surface area contributed by atoms with Crippen LogP contribution in [0, 0.1) is 5.82 Å². The van der Waals surface area contributed by atoms with E-state index in [1.54, 1.807) is 17.0 Å². The van der Waals surface area contributed by atoms with Gasteiger partial charge in [0.05, 0.1) is 7.11 Å². The van der Waals surface area contributed by atoms with E-state index in [1.165, 1.54) is 13.2 Å². The molecular weight excluding hydrogens is 349 g/mol. The Kier molecular flexibility index (Phi) is 4.58. The highest BCUT2D eigenvalue weighted by Gasteiger charge is 2.36. The molecule has 0 N–H and O–H groups in total. The van der Waals surface area contributed by atoms with Gasteiger partial charge in [0.25, 0.3) is 0 Å². The second-order valence-electron chi connectivity index (χ2n) is 6.37. The second kappa shape index (κ2) is 7.19. The van der Waals surface area contributed by atoms with Crippen molar-refractivity contribution in [2.45, 2.75) is 25.4 Å². The van der Waals surface area contributed by atoms with Crippen LogP contribution in [0.15, 0.2) is 53.1 Å². The molecule has 7 heteroatoms. The Balaban J connectivity index is 1.57. The molecule has 1 fully saturated rings. The van der Waals surface area contributed by atoms with Gasteiger partial charge in [-0.1, -0.05) is 41.6 Å². The molecule has 0 bridgehead atoms. The number of halogens is 1. The zero-order valence-corrected chi connectivity index (χ0v) is 14.8. The molecule has 1 amide bonds. The molecule has 3 aromatic rings. The van der Waals surface area contributed by atoms with Crippen LogP contribution < -0.4 is 4.74 Å². The van der Waals surface area contributed by atoms with Crippen molar-refractivity contribution in [2.75, 3.05) is 7.11 Å². The maximum Gasteiger partial charge on any atom is 0.249 e. The van der Waals surface area contributed by atoms with E-state index in [1.807, 2.05) is 30.3 Å². The van der Waals surface area contributed by atoms with Crippen LogP contribution in [0.2, 0.25) is 0 Å². The Hall–Kier alpha value is -3.22. The highest BCUT2D eigenvalue weighted by atomic mass is 19.1. The topological polar surface area (TPSA) is 68.5 Å². The van der Waals surface area contributed by atoms with Crippen molar-refractivity contribution in [2.24, 2.45) is 0 Å². The molecule has 0 aliphatic carbocycles. The number of hydrogen-bond donors (Lipinski definition) is 0. The minimum Gasteiger partial charge on any atom is -0.494 e. The van der Waals surface area contributed by atoms with Crippen LogP contribution in [-0.2, 0) is 11.3 Å². The van der Waals surface area contributed by atoms with Gasteiger partial charge in [0, 0.05) is 18.5 Å². The third kappa shape index (κ3) is 3.40. The van der Waals surface area contributed by atoms with Gasteiger partial charge in [-0.05, 0) is 24.1 Å². The van der Waals surface area contributed by atoms with Crippen molar-refractivity contribution in [3.05, 3.63) is 65.8 Å². The van der Waals surface area contributed by atoms with Crippen LogP contribution in [-0.4, -0.2) is 28.1 Å². The molecule has 27 heavy (non-hydrogen) atoms. The first-order chi connectivity index (χ1) is 13.2. The zero-order chi connectivity index (χ0) is 18.8. The molecule has 0 radical (unpaired) electrons. The Morgan fingerprint density at radius 3 is 2.81 bits per heavy atom. The highest BCUT2D eigenvalue weighted by Crippen LogP contribution is 2.34. The molecule has 1 saturated heterocycles. The van der Waals surface area contributed by atoms with E-state index in [2.05, 4.69) is 10.1 Å². The lowest BCUT2D eigenvalue weighted by atomic mass is 10.1. The number of nitrogens with zero attached hydrogens (tertiary/aromatic N) is 3. The minimum atomic E-state index is -0.456. The predicted octanol–water partition coefficient (Wildman–Crippen LogP) is 3.75. The predicted molar refractivity (Wildman–Crippen MR) is 95.2 cm³/mol. The van der Waals surface area contributed by atoms with Crippen molar-refractivity contribution < 1.29 is 18.4 Å². The summed E-state index contributed by atoms with van der Waals surface area (Å²) < 4.78 is 24.3. The van der Waals surface area contributed by atoms with E-state index in [-0.39, 0.29) is 24.2 Å². The highest BCUT2D eigenvalue weighted by molar-refractivity contribution is 5.78. The number of carbonyl (C=O) groups is 1. The summed E-state index contributed by atoms with van der Waals surface area (Å²) in [6.45, 7) is 0.271. The van der Waals surface area contributed by atoms with Crippen LogP contribution in [0.5, 0.6) is 5.75 Å². The first kappa shape index (κ1) is 17.2. The van der Waals surface area contributed by atoms with Gasteiger partial charge in [0.15, 0.2) is 11.6 Å². The monoisotopic (exact) mass is 367 g/mol. The van der Waals surface area contributed by atoms with Crippen LogP contribution in [0.25, 0.3) is 11.4 Å². The van der Waals surface area contributed by atoms with Gasteiger partial charge in [-0.15, -0.1) is 0 Å². The van der Waals surface area contributed by atoms with Gasteiger partial charge in [0.2, 0.25) is 17.6 Å². The molecule has 0 saturated carbocycles. The summed E-state index contributed by atoms with van der Waals surface area (Å²) in [6.07, 6.45) is 0.986. The van der Waals surface area contributed by atoms with Crippen LogP contribution in [0.4, 0.5) is 4.39 Å². The third-order valence-electron chi connectivity index (χ3n) is 4.66. The molecule has 1 aromatic heterocycles. The van der Waals surface area contributed by atoms with E-state index in [0.29, 0.717) is 30.1 Å². The quantitative estimate of drug-likeness (QED) is 0.687. The fourth-order valence-electron chi connectivity index (χ4n) is 3.27. The summed E-state index contributed by atoms with van der Waals surface area (Å²) in [7, 11) is 1.41. The number of methoxy groups -OCH3 is 1. The first-order valence-corrected chi connectivity index (χ1v) is 8.66. The van der Waals surface area contributed by atoms with Gasteiger partial charge in [-0.2, -0.15) is 4.98 Å². The number of amides is 1. The Labute approximate surface area is 155 Å². The maximum atomic E-state index is 14.0. The zero-order valence-electron chi connectivity index (χ0n) is 14.8. The summed E-state index contributed by atoms with van der Waals surface area (Å²) in [5, 5.41) is 4.03. The molecule has 1 aliphatic heterocycles. The van der Waals surface area contributed by atoms with E-state index < -0.39 is 5.82 Å². The minimum absolute atomic E-state index is 0.0179. The SMILES string of the molecule is COc1ccc(CN2C(=O)CCC2c2nc(-c3ccccc3)no2)cc1F. The Morgan fingerprint density at radius 1 is 1.26 bits per heavy atom. The first-order valence-electron chi connectivity index (χ1n) is 8.66. The van der Waals surface area contributed by atoms with E-state index in [4.69, 9.17) is 9.26 Å². The van der Waals surface area contributed by atoms with Gasteiger partial charge in [-0.3, -0.25) is 4.79 Å². The molecule has 1 unspecified atom stereocenters. The average molecular weight is 367 g/mol. The second-order valence-corrected chi connectivity index (χ2v) is 6.37. The van der Waals surface area contributed by atoms with Crippen LogP contribution in [0.1, 0.15) is 30.3 Å². The molecule has 138 valence electrons.